The van der Waals surface area contributed by atoms with Gasteiger partial charge in [0.05, 0.1) is 6.61 Å². The van der Waals surface area contributed by atoms with Crippen molar-refractivity contribution in [2.24, 2.45) is 0 Å². The summed E-state index contributed by atoms with van der Waals surface area (Å²) in [6.07, 6.45) is 4.02. The molecule has 3 rings (SSSR count). The minimum absolute atomic E-state index is 0.121. The van der Waals surface area contributed by atoms with Crippen LogP contribution < -0.4 is 0 Å². The standard InChI is InChI=1S/C10H12O.C9H6OS3.C2H6/c1-2-3-9-4-6-10(8-11)7-5-9;10-7-3-1-6(2-4-7)8-5-9(11)13-12-8;1-2/h2-7,11H,8H2,1H3;1-5,10H;1-2H3/b3-2+;;. The van der Waals surface area contributed by atoms with Crippen molar-refractivity contribution in [1.29, 1.82) is 0 Å². The summed E-state index contributed by atoms with van der Waals surface area (Å²) in [5.41, 5.74) is 3.23. The van der Waals surface area contributed by atoms with Gasteiger partial charge in [-0.25, -0.2) is 0 Å². The van der Waals surface area contributed by atoms with Gasteiger partial charge in [0.1, 0.15) is 9.57 Å². The first-order chi connectivity index (χ1) is 12.6. The van der Waals surface area contributed by atoms with Crippen LogP contribution in [0.4, 0.5) is 0 Å². The van der Waals surface area contributed by atoms with E-state index in [0.29, 0.717) is 5.75 Å². The molecule has 5 heteroatoms. The lowest BCUT2D eigenvalue weighted by atomic mass is 10.1. The Hall–Kier alpha value is -1.79. The maximum atomic E-state index is 9.09. The Morgan fingerprint density at radius 2 is 1.58 bits per heavy atom. The van der Waals surface area contributed by atoms with Crippen LogP contribution in [0.2, 0.25) is 0 Å². The molecule has 26 heavy (non-hydrogen) atoms. The number of phenolic OH excluding ortho intramolecular Hbond substituents is 1. The molecule has 0 saturated carbocycles. The van der Waals surface area contributed by atoms with E-state index in [1.54, 1.807) is 32.8 Å². The number of hydrogen-bond donors (Lipinski definition) is 2. The number of phenols is 1. The highest BCUT2D eigenvalue weighted by Crippen LogP contribution is 2.30. The van der Waals surface area contributed by atoms with Gasteiger partial charge >= 0.3 is 0 Å². The molecule has 2 aromatic carbocycles. The van der Waals surface area contributed by atoms with E-state index in [1.807, 2.05) is 75.4 Å². The summed E-state index contributed by atoms with van der Waals surface area (Å²) in [6.45, 7) is 6.11. The van der Waals surface area contributed by atoms with Crippen molar-refractivity contribution in [3.63, 3.8) is 0 Å². The van der Waals surface area contributed by atoms with Gasteiger partial charge in [-0.05, 0) is 53.9 Å². The maximum absolute atomic E-state index is 9.09. The summed E-state index contributed by atoms with van der Waals surface area (Å²) in [7, 11) is 3.26. The van der Waals surface area contributed by atoms with E-state index in [2.05, 4.69) is 0 Å². The van der Waals surface area contributed by atoms with Crippen molar-refractivity contribution in [2.75, 3.05) is 0 Å². The fraction of sp³-hybridized carbons (Fsp3) is 0.190. The first kappa shape index (κ1) is 22.3. The molecule has 0 unspecified atom stereocenters. The van der Waals surface area contributed by atoms with Crippen molar-refractivity contribution >= 4 is 39.0 Å². The highest BCUT2D eigenvalue weighted by Gasteiger charge is 1.99. The maximum Gasteiger partial charge on any atom is 0.115 e. The van der Waals surface area contributed by atoms with Crippen LogP contribution in [0, 0.1) is 3.82 Å². The molecule has 0 amide bonds. The number of hydrogen-bond acceptors (Lipinski definition) is 5. The largest absolute Gasteiger partial charge is 0.508 e. The van der Waals surface area contributed by atoms with Crippen LogP contribution in [-0.4, -0.2) is 10.2 Å². The van der Waals surface area contributed by atoms with E-state index in [-0.39, 0.29) is 6.61 Å². The summed E-state index contributed by atoms with van der Waals surface area (Å²) in [6, 6.07) is 17.0. The van der Waals surface area contributed by atoms with Gasteiger partial charge in [0.25, 0.3) is 0 Å². The molecule has 138 valence electrons. The van der Waals surface area contributed by atoms with E-state index >= 15 is 0 Å². The van der Waals surface area contributed by atoms with Crippen molar-refractivity contribution in [3.05, 3.63) is 75.6 Å². The quantitative estimate of drug-likeness (QED) is 0.360. The molecule has 0 aliphatic carbocycles. The van der Waals surface area contributed by atoms with E-state index in [9.17, 15) is 0 Å². The summed E-state index contributed by atoms with van der Waals surface area (Å²) < 4.78 is 0.910. The monoisotopic (exact) mass is 404 g/mol. The molecule has 0 saturated heterocycles. The van der Waals surface area contributed by atoms with Crippen LogP contribution in [0.15, 0.2) is 60.7 Å². The van der Waals surface area contributed by atoms with Crippen molar-refractivity contribution in [2.45, 2.75) is 27.4 Å². The average Bonchev–Trinajstić information content (AvgIpc) is 3.12. The van der Waals surface area contributed by atoms with Gasteiger partial charge in [-0.1, -0.05) is 83.2 Å². The number of benzene rings is 2. The molecule has 0 bridgehead atoms. The van der Waals surface area contributed by atoms with Crippen LogP contribution >= 0.6 is 32.9 Å². The smallest absolute Gasteiger partial charge is 0.115 e. The van der Waals surface area contributed by atoms with Crippen LogP contribution in [0.1, 0.15) is 31.9 Å². The fourth-order valence-corrected chi connectivity index (χ4v) is 4.33. The van der Waals surface area contributed by atoms with Gasteiger partial charge in [0.15, 0.2) is 0 Å². The first-order valence-corrected chi connectivity index (χ1v) is 10.9. The molecule has 0 atom stereocenters. The number of aromatic hydroxyl groups is 1. The summed E-state index contributed by atoms with van der Waals surface area (Å²) in [5.74, 6) is 0.294. The van der Waals surface area contributed by atoms with Crippen LogP contribution in [0.3, 0.4) is 0 Å². The zero-order valence-electron chi connectivity index (χ0n) is 15.2. The third-order valence-corrected chi connectivity index (χ3v) is 6.05. The number of allylic oxidation sites excluding steroid dienone is 1. The van der Waals surface area contributed by atoms with Gasteiger partial charge in [-0.3, -0.25) is 0 Å². The number of aliphatic hydroxyl groups is 1. The molecular formula is C21H24O2S3. The van der Waals surface area contributed by atoms with Gasteiger partial charge < -0.3 is 10.2 Å². The van der Waals surface area contributed by atoms with E-state index in [4.69, 9.17) is 22.4 Å². The Morgan fingerprint density at radius 1 is 0.962 bits per heavy atom. The Morgan fingerprint density at radius 3 is 2.04 bits per heavy atom. The average molecular weight is 405 g/mol. The molecule has 0 radical (unpaired) electrons. The highest BCUT2D eigenvalue weighted by atomic mass is 32.9. The molecule has 3 aromatic rings. The predicted octanol–water partition coefficient (Wildman–Crippen LogP) is 7.15. The number of aliphatic hydroxyl groups excluding tert-OH is 1. The van der Waals surface area contributed by atoms with Gasteiger partial charge in [0, 0.05) is 4.88 Å². The highest BCUT2D eigenvalue weighted by molar-refractivity contribution is 7.80. The molecule has 2 N–H and O–H groups in total. The minimum atomic E-state index is 0.121. The lowest BCUT2D eigenvalue weighted by Crippen LogP contribution is -1.81. The summed E-state index contributed by atoms with van der Waals surface area (Å²) >= 11 is 5.04. The summed E-state index contributed by atoms with van der Waals surface area (Å²) in [4.78, 5) is 1.16. The molecule has 1 heterocycles. The van der Waals surface area contributed by atoms with Crippen molar-refractivity contribution < 1.29 is 10.2 Å². The van der Waals surface area contributed by atoms with Gasteiger partial charge in [-0.2, -0.15) is 0 Å². The second kappa shape index (κ2) is 12.5. The fourth-order valence-electron chi connectivity index (χ4n) is 1.92. The third-order valence-electron chi connectivity index (χ3n) is 3.14. The Bertz CT molecular complexity index is 829. The van der Waals surface area contributed by atoms with E-state index in [0.717, 1.165) is 19.8 Å². The molecular weight excluding hydrogens is 380 g/mol. The molecule has 0 aliphatic rings. The first-order valence-electron chi connectivity index (χ1n) is 8.34. The lowest BCUT2D eigenvalue weighted by Gasteiger charge is -1.95. The van der Waals surface area contributed by atoms with Crippen molar-refractivity contribution in [3.8, 4) is 16.2 Å². The Balaban J connectivity index is 0.000000241. The zero-order chi connectivity index (χ0) is 19.4. The van der Waals surface area contributed by atoms with Crippen LogP contribution in [-0.2, 0) is 6.61 Å². The van der Waals surface area contributed by atoms with E-state index in [1.165, 1.54) is 5.56 Å². The van der Waals surface area contributed by atoms with E-state index < -0.39 is 0 Å². The van der Waals surface area contributed by atoms with Crippen LogP contribution in [0.5, 0.6) is 5.75 Å². The normalized spacial score (nSPS) is 9.85. The Labute approximate surface area is 168 Å². The molecule has 1 aromatic heterocycles. The van der Waals surface area contributed by atoms with Crippen LogP contribution in [0.25, 0.3) is 16.5 Å². The summed E-state index contributed by atoms with van der Waals surface area (Å²) in [5, 5.41) is 17.8. The second-order valence-corrected chi connectivity index (χ2v) is 7.85. The lowest BCUT2D eigenvalue weighted by molar-refractivity contribution is 0.282. The molecule has 0 aliphatic heterocycles. The third kappa shape index (κ3) is 7.62. The molecule has 2 nitrogen and oxygen atoms in total. The minimum Gasteiger partial charge on any atom is -0.508 e. The number of rotatable bonds is 3. The Kier molecular flexibility index (Phi) is 10.7. The van der Waals surface area contributed by atoms with Gasteiger partial charge in [-0.15, -0.1) is 0 Å². The topological polar surface area (TPSA) is 40.5 Å². The van der Waals surface area contributed by atoms with Crippen molar-refractivity contribution in [1.82, 2.24) is 0 Å². The second-order valence-electron chi connectivity index (χ2n) is 4.94. The van der Waals surface area contributed by atoms with Gasteiger partial charge in [0.2, 0.25) is 0 Å². The molecule has 0 spiro atoms. The predicted molar refractivity (Wildman–Crippen MR) is 119 cm³/mol. The zero-order valence-corrected chi connectivity index (χ0v) is 17.6. The SMILES string of the molecule is C/C=C/c1ccc(CO)cc1.CC.Oc1ccc(-c2cc(=S)ss2)cc1. The molecule has 0 fully saturated rings.